The zero-order chi connectivity index (χ0) is 20.6. The third kappa shape index (κ3) is 5.52. The molecule has 29 heavy (non-hydrogen) atoms. The summed E-state index contributed by atoms with van der Waals surface area (Å²) in [5.41, 5.74) is 3.18. The van der Waals surface area contributed by atoms with Crippen LogP contribution in [-0.4, -0.2) is 18.0 Å². The Morgan fingerprint density at radius 1 is 0.897 bits per heavy atom. The summed E-state index contributed by atoms with van der Waals surface area (Å²) in [6, 6.07) is 26.5. The summed E-state index contributed by atoms with van der Waals surface area (Å²) in [7, 11) is 1.40. The molecule has 0 saturated carbocycles. The van der Waals surface area contributed by atoms with Gasteiger partial charge >= 0.3 is 5.97 Å². The Morgan fingerprint density at radius 2 is 1.48 bits per heavy atom. The van der Waals surface area contributed by atoms with E-state index in [4.69, 9.17) is 4.74 Å². The van der Waals surface area contributed by atoms with Gasteiger partial charge in [0.15, 0.2) is 0 Å². The molecule has 0 radical (unpaired) electrons. The molecular weight excluding hydrogens is 365 g/mol. The highest BCUT2D eigenvalue weighted by molar-refractivity contribution is 5.70. The predicted molar refractivity (Wildman–Crippen MR) is 113 cm³/mol. The van der Waals surface area contributed by atoms with Gasteiger partial charge in [-0.25, -0.2) is 4.39 Å². The largest absolute Gasteiger partial charge is 0.469 e. The summed E-state index contributed by atoms with van der Waals surface area (Å²) in [6.07, 6.45) is 0.187. The van der Waals surface area contributed by atoms with Gasteiger partial charge in [0.1, 0.15) is 5.82 Å². The Labute approximate surface area is 171 Å². The quantitative estimate of drug-likeness (QED) is 0.462. The van der Waals surface area contributed by atoms with E-state index in [1.807, 2.05) is 36.4 Å². The van der Waals surface area contributed by atoms with Crippen LogP contribution in [0.15, 0.2) is 84.9 Å². The van der Waals surface area contributed by atoms with E-state index in [2.05, 4.69) is 36.1 Å². The first-order valence-corrected chi connectivity index (χ1v) is 9.75. The number of nitrogens with zero attached hydrogens (tertiary/aromatic N) is 1. The van der Waals surface area contributed by atoms with Crippen molar-refractivity contribution in [3.8, 4) is 0 Å². The lowest BCUT2D eigenvalue weighted by molar-refractivity contribution is -0.142. The van der Waals surface area contributed by atoms with E-state index >= 15 is 0 Å². The molecule has 0 N–H and O–H groups in total. The summed E-state index contributed by atoms with van der Waals surface area (Å²) < 4.78 is 18.5. The van der Waals surface area contributed by atoms with Crippen LogP contribution in [0.4, 0.5) is 4.39 Å². The van der Waals surface area contributed by atoms with Gasteiger partial charge in [0.05, 0.1) is 13.5 Å². The lowest BCUT2D eigenvalue weighted by atomic mass is 9.96. The number of hydrogen-bond acceptors (Lipinski definition) is 3. The summed E-state index contributed by atoms with van der Waals surface area (Å²) in [5.74, 6) is -0.589. The van der Waals surface area contributed by atoms with Crippen LogP contribution in [0.5, 0.6) is 0 Å². The third-order valence-electron chi connectivity index (χ3n) is 5.23. The molecule has 0 spiro atoms. The number of benzene rings is 3. The Bertz CT molecular complexity index is 897. The minimum atomic E-state index is -0.295. The molecule has 1 unspecified atom stereocenters. The molecule has 0 amide bonds. The van der Waals surface area contributed by atoms with Crippen molar-refractivity contribution in [3.05, 3.63) is 107 Å². The standard InChI is InChI=1S/C25H26FNO2/c1-19(21-11-7-4-8-12-21)27(18-20-9-5-3-6-10-20)24(17-25(28)29-2)22-13-15-23(26)16-14-22/h3-16,19,24H,17-18H2,1-2H3/t19-,24?/m0/s1. The highest BCUT2D eigenvalue weighted by atomic mass is 19.1. The van der Waals surface area contributed by atoms with E-state index < -0.39 is 0 Å². The lowest BCUT2D eigenvalue weighted by Gasteiger charge is -2.37. The van der Waals surface area contributed by atoms with Gasteiger partial charge in [-0.3, -0.25) is 9.69 Å². The molecule has 4 heteroatoms. The number of esters is 1. The summed E-state index contributed by atoms with van der Waals surface area (Å²) >= 11 is 0. The lowest BCUT2D eigenvalue weighted by Crippen LogP contribution is -2.33. The second kappa shape index (κ2) is 9.99. The molecule has 0 bridgehead atoms. The third-order valence-corrected chi connectivity index (χ3v) is 5.23. The number of carbonyl (C=O) groups excluding carboxylic acids is 1. The molecule has 0 fully saturated rings. The maximum atomic E-state index is 13.5. The maximum Gasteiger partial charge on any atom is 0.307 e. The normalized spacial score (nSPS) is 13.1. The summed E-state index contributed by atoms with van der Waals surface area (Å²) in [4.78, 5) is 14.5. The highest BCUT2D eigenvalue weighted by Crippen LogP contribution is 2.35. The molecule has 0 saturated heterocycles. The molecule has 3 nitrogen and oxygen atoms in total. The van der Waals surface area contributed by atoms with E-state index in [9.17, 15) is 9.18 Å². The van der Waals surface area contributed by atoms with E-state index in [-0.39, 0.29) is 30.3 Å². The Balaban J connectivity index is 2.02. The van der Waals surface area contributed by atoms with E-state index in [1.54, 1.807) is 12.1 Å². The van der Waals surface area contributed by atoms with Gasteiger partial charge in [0.25, 0.3) is 0 Å². The first-order valence-electron chi connectivity index (χ1n) is 9.75. The van der Waals surface area contributed by atoms with Gasteiger partial charge in [0, 0.05) is 18.6 Å². The minimum absolute atomic E-state index is 0.0381. The average Bonchev–Trinajstić information content (AvgIpc) is 2.77. The fraction of sp³-hybridized carbons (Fsp3) is 0.240. The molecule has 3 rings (SSSR count). The van der Waals surface area contributed by atoms with Gasteiger partial charge in [-0.05, 0) is 35.7 Å². The van der Waals surface area contributed by atoms with Crippen molar-refractivity contribution in [1.82, 2.24) is 4.90 Å². The molecule has 3 aromatic carbocycles. The van der Waals surface area contributed by atoms with Gasteiger partial charge in [0.2, 0.25) is 0 Å². The molecule has 0 aliphatic rings. The second-order valence-corrected chi connectivity index (χ2v) is 7.09. The van der Waals surface area contributed by atoms with Crippen LogP contribution >= 0.6 is 0 Å². The fourth-order valence-electron chi connectivity index (χ4n) is 3.59. The average molecular weight is 391 g/mol. The Morgan fingerprint density at radius 3 is 2.07 bits per heavy atom. The van der Waals surface area contributed by atoms with Crippen molar-refractivity contribution in [2.45, 2.75) is 32.0 Å². The molecule has 150 valence electrons. The Kier molecular flexibility index (Phi) is 7.14. The second-order valence-electron chi connectivity index (χ2n) is 7.09. The number of methoxy groups -OCH3 is 1. The van der Waals surface area contributed by atoms with E-state index in [0.717, 1.165) is 16.7 Å². The number of carbonyl (C=O) groups is 1. The summed E-state index contributed by atoms with van der Waals surface area (Å²) in [5, 5.41) is 0. The van der Waals surface area contributed by atoms with Crippen LogP contribution in [0.1, 0.15) is 42.1 Å². The van der Waals surface area contributed by atoms with Crippen LogP contribution in [-0.2, 0) is 16.1 Å². The van der Waals surface area contributed by atoms with Crippen molar-refractivity contribution >= 4 is 5.97 Å². The van der Waals surface area contributed by atoms with Crippen LogP contribution in [0, 0.1) is 5.82 Å². The van der Waals surface area contributed by atoms with Crippen molar-refractivity contribution in [3.63, 3.8) is 0 Å². The van der Waals surface area contributed by atoms with Crippen molar-refractivity contribution in [1.29, 1.82) is 0 Å². The molecule has 0 heterocycles. The molecule has 0 aromatic heterocycles. The van der Waals surface area contributed by atoms with E-state index in [0.29, 0.717) is 6.54 Å². The highest BCUT2D eigenvalue weighted by Gasteiger charge is 2.28. The first-order chi connectivity index (χ1) is 14.1. The molecule has 0 aliphatic carbocycles. The topological polar surface area (TPSA) is 29.5 Å². The number of halogens is 1. The molecule has 3 aromatic rings. The van der Waals surface area contributed by atoms with Crippen LogP contribution in [0.25, 0.3) is 0 Å². The van der Waals surface area contributed by atoms with Gasteiger partial charge in [-0.1, -0.05) is 72.8 Å². The zero-order valence-corrected chi connectivity index (χ0v) is 16.8. The van der Waals surface area contributed by atoms with Crippen LogP contribution in [0.3, 0.4) is 0 Å². The summed E-state index contributed by atoms with van der Waals surface area (Å²) in [6.45, 7) is 2.78. The Hall–Kier alpha value is -2.98. The van der Waals surface area contributed by atoms with Gasteiger partial charge in [-0.15, -0.1) is 0 Å². The minimum Gasteiger partial charge on any atom is -0.469 e. The molecule has 0 aliphatic heterocycles. The van der Waals surface area contributed by atoms with Crippen LogP contribution in [0.2, 0.25) is 0 Å². The number of rotatable bonds is 8. The first kappa shape index (κ1) is 20.7. The molecular formula is C25H26FNO2. The van der Waals surface area contributed by atoms with Gasteiger partial charge in [-0.2, -0.15) is 0 Å². The van der Waals surface area contributed by atoms with Crippen molar-refractivity contribution < 1.29 is 13.9 Å². The maximum absolute atomic E-state index is 13.5. The number of hydrogen-bond donors (Lipinski definition) is 0. The van der Waals surface area contributed by atoms with Crippen LogP contribution < -0.4 is 0 Å². The van der Waals surface area contributed by atoms with Crippen molar-refractivity contribution in [2.24, 2.45) is 0 Å². The zero-order valence-electron chi connectivity index (χ0n) is 16.8. The fourth-order valence-corrected chi connectivity index (χ4v) is 3.59. The smallest absolute Gasteiger partial charge is 0.307 e. The number of ether oxygens (including phenoxy) is 1. The SMILES string of the molecule is COC(=O)CC(c1ccc(F)cc1)N(Cc1ccccc1)[C@@H](C)c1ccccc1. The van der Waals surface area contributed by atoms with Gasteiger partial charge < -0.3 is 4.74 Å². The van der Waals surface area contributed by atoms with E-state index in [1.165, 1.54) is 19.2 Å². The molecule has 2 atom stereocenters. The monoisotopic (exact) mass is 391 g/mol. The predicted octanol–water partition coefficient (Wildman–Crippen LogP) is 5.69. The van der Waals surface area contributed by atoms with Crippen molar-refractivity contribution in [2.75, 3.05) is 7.11 Å².